The van der Waals surface area contributed by atoms with Gasteiger partial charge in [-0.3, -0.25) is 9.59 Å². The highest BCUT2D eigenvalue weighted by Gasteiger charge is 2.49. The number of hydrogen-bond acceptors (Lipinski definition) is 6. The van der Waals surface area contributed by atoms with Crippen molar-refractivity contribution in [1.29, 1.82) is 0 Å². The highest BCUT2D eigenvalue weighted by molar-refractivity contribution is 6.74. The lowest BCUT2D eigenvalue weighted by molar-refractivity contribution is -0.146. The maximum absolute atomic E-state index is 14.0. The van der Waals surface area contributed by atoms with Gasteiger partial charge in [0.05, 0.1) is 18.6 Å². The van der Waals surface area contributed by atoms with E-state index >= 15 is 0 Å². The second-order valence-electron chi connectivity index (χ2n) is 14.7. The number of hydrogen-bond donors (Lipinski definition) is 2. The SMILES string of the molecule is C=C[C@H](C)[C@@H](O[Si](C)(C)C(C)(C)C)C(C)C(=O)C(C)(C)[C@H](CC(=O)O)O[Si](C)(C)C(C)(C)C.OC1CCCO1. The first kappa shape index (κ1) is 38.2. The Bertz CT molecular complexity index is 803. The number of Topliss-reactive ketones (excluding diaryl/α,β-unsaturated/α-hetero) is 1. The molecular weight excluding hydrogens is 528 g/mol. The van der Waals surface area contributed by atoms with Gasteiger partial charge in [-0.2, -0.15) is 0 Å². The molecule has 0 aromatic rings. The predicted octanol–water partition coefficient (Wildman–Crippen LogP) is 7.41. The van der Waals surface area contributed by atoms with E-state index in [4.69, 9.17) is 18.7 Å². The summed E-state index contributed by atoms with van der Waals surface area (Å²) in [5.41, 5.74) is -0.983. The molecule has 230 valence electrons. The average Bonchev–Trinajstić information content (AvgIpc) is 3.24. The Morgan fingerprint density at radius 1 is 0.974 bits per heavy atom. The molecule has 0 saturated carbocycles. The van der Waals surface area contributed by atoms with Crippen molar-refractivity contribution in [2.24, 2.45) is 17.3 Å². The Labute approximate surface area is 241 Å². The van der Waals surface area contributed by atoms with Crippen molar-refractivity contribution in [3.63, 3.8) is 0 Å². The zero-order valence-electron chi connectivity index (χ0n) is 27.4. The first-order valence-corrected chi connectivity index (χ1v) is 20.2. The summed E-state index contributed by atoms with van der Waals surface area (Å²) in [7, 11) is -4.45. The van der Waals surface area contributed by atoms with Crippen molar-refractivity contribution in [2.45, 2.75) is 143 Å². The minimum Gasteiger partial charge on any atom is -0.481 e. The van der Waals surface area contributed by atoms with Crippen LogP contribution in [0.4, 0.5) is 0 Å². The topological polar surface area (TPSA) is 102 Å². The lowest BCUT2D eigenvalue weighted by Gasteiger charge is -2.46. The summed E-state index contributed by atoms with van der Waals surface area (Å²) in [4.78, 5) is 25.7. The summed E-state index contributed by atoms with van der Waals surface area (Å²) in [6.07, 6.45) is 1.98. The normalized spacial score (nSPS) is 20.3. The molecule has 1 heterocycles. The van der Waals surface area contributed by atoms with Crippen LogP contribution in [0, 0.1) is 17.3 Å². The molecule has 0 aliphatic carbocycles. The van der Waals surface area contributed by atoms with E-state index in [2.05, 4.69) is 74.3 Å². The number of carboxylic acid groups (broad SMARTS) is 1. The van der Waals surface area contributed by atoms with Gasteiger partial charge < -0.3 is 23.8 Å². The third kappa shape index (κ3) is 11.2. The summed E-state index contributed by atoms with van der Waals surface area (Å²) in [5.74, 6) is -1.43. The van der Waals surface area contributed by atoms with Crippen LogP contribution >= 0.6 is 0 Å². The van der Waals surface area contributed by atoms with E-state index in [1.54, 1.807) is 0 Å². The van der Waals surface area contributed by atoms with Gasteiger partial charge in [0.1, 0.15) is 5.78 Å². The summed E-state index contributed by atoms with van der Waals surface area (Å²) in [6, 6.07) is 0. The van der Waals surface area contributed by atoms with Gasteiger partial charge in [-0.15, -0.1) is 6.58 Å². The van der Waals surface area contributed by atoms with Crippen LogP contribution < -0.4 is 0 Å². The van der Waals surface area contributed by atoms with E-state index < -0.39 is 46.3 Å². The largest absolute Gasteiger partial charge is 0.481 e. The maximum atomic E-state index is 14.0. The van der Waals surface area contributed by atoms with E-state index in [1.807, 2.05) is 33.8 Å². The van der Waals surface area contributed by atoms with Gasteiger partial charge in [0.2, 0.25) is 0 Å². The molecule has 39 heavy (non-hydrogen) atoms. The fourth-order valence-electron chi connectivity index (χ4n) is 3.91. The highest BCUT2D eigenvalue weighted by atomic mass is 28.4. The van der Waals surface area contributed by atoms with Crippen LogP contribution in [0.5, 0.6) is 0 Å². The average molecular weight is 589 g/mol. The van der Waals surface area contributed by atoms with Crippen LogP contribution in [0.2, 0.25) is 36.3 Å². The van der Waals surface area contributed by atoms with Crippen LogP contribution in [-0.2, 0) is 23.2 Å². The summed E-state index contributed by atoms with van der Waals surface area (Å²) >= 11 is 0. The van der Waals surface area contributed by atoms with Crippen LogP contribution in [0.1, 0.15) is 88.5 Å². The first-order valence-electron chi connectivity index (χ1n) is 14.4. The number of aliphatic carboxylic acids is 1. The minimum atomic E-state index is -2.30. The summed E-state index contributed by atoms with van der Waals surface area (Å²) in [6.45, 7) is 33.7. The second-order valence-corrected chi connectivity index (χ2v) is 24.3. The Morgan fingerprint density at radius 3 is 1.74 bits per heavy atom. The Kier molecular flexibility index (Phi) is 14.0. The number of carboxylic acids is 1. The van der Waals surface area contributed by atoms with Crippen molar-refractivity contribution in [3.05, 3.63) is 12.7 Å². The maximum Gasteiger partial charge on any atom is 0.305 e. The van der Waals surface area contributed by atoms with Crippen LogP contribution in [0.15, 0.2) is 12.7 Å². The molecule has 0 aromatic heterocycles. The number of ether oxygens (including phenoxy) is 1. The molecule has 1 rings (SSSR count). The van der Waals surface area contributed by atoms with Gasteiger partial charge in [0.25, 0.3) is 0 Å². The van der Waals surface area contributed by atoms with Crippen molar-refractivity contribution in [2.75, 3.05) is 6.61 Å². The number of ketones is 1. The third-order valence-electron chi connectivity index (χ3n) is 8.98. The highest BCUT2D eigenvalue weighted by Crippen LogP contribution is 2.43. The number of carbonyl (C=O) groups excluding carboxylic acids is 1. The zero-order valence-corrected chi connectivity index (χ0v) is 29.4. The molecule has 0 spiro atoms. The molecule has 0 amide bonds. The van der Waals surface area contributed by atoms with Crippen LogP contribution in [-0.4, -0.2) is 63.7 Å². The van der Waals surface area contributed by atoms with Gasteiger partial charge in [-0.25, -0.2) is 0 Å². The predicted molar refractivity (Wildman–Crippen MR) is 165 cm³/mol. The van der Waals surface area contributed by atoms with Gasteiger partial charge in [0, 0.05) is 24.4 Å². The molecule has 5 atom stereocenters. The molecule has 1 saturated heterocycles. The minimum absolute atomic E-state index is 0.00170. The molecule has 9 heteroatoms. The smallest absolute Gasteiger partial charge is 0.305 e. The quantitative estimate of drug-likeness (QED) is 0.181. The van der Waals surface area contributed by atoms with E-state index in [-0.39, 0.29) is 34.3 Å². The third-order valence-corrected chi connectivity index (χ3v) is 17.9. The Morgan fingerprint density at radius 2 is 1.44 bits per heavy atom. The molecule has 0 aromatic carbocycles. The van der Waals surface area contributed by atoms with Crippen LogP contribution in [0.25, 0.3) is 0 Å². The Hall–Kier alpha value is -0.846. The first-order chi connectivity index (χ1) is 17.3. The van der Waals surface area contributed by atoms with Crippen molar-refractivity contribution in [3.8, 4) is 0 Å². The van der Waals surface area contributed by atoms with Gasteiger partial charge in [-0.05, 0) is 48.6 Å². The molecule has 1 aliphatic rings. The van der Waals surface area contributed by atoms with E-state index in [0.717, 1.165) is 19.4 Å². The van der Waals surface area contributed by atoms with E-state index in [1.165, 1.54) is 0 Å². The molecule has 0 radical (unpaired) electrons. The number of aliphatic hydroxyl groups is 1. The van der Waals surface area contributed by atoms with Crippen molar-refractivity contribution >= 4 is 28.4 Å². The lowest BCUT2D eigenvalue weighted by atomic mass is 9.73. The zero-order chi connectivity index (χ0) is 31.2. The molecular formula is C30H60O7Si2. The van der Waals surface area contributed by atoms with E-state index in [0.29, 0.717) is 0 Å². The molecule has 2 N–H and O–H groups in total. The standard InChI is InChI=1S/C26H52O5Si2.C4H8O2/c1-16-18(2)22(31-33(14,15)25(7,8)9)19(3)23(29)26(10,11)20(17-21(27)28)30-32(12,13)24(4,5)6;5-4-2-1-3-6-4/h16,18-20,22H,1,17H2,2-15H3,(H,27,28);4-5H,1-3H2/t18-,19?,20-,22+;/m0./s1. The second kappa shape index (κ2) is 14.4. The molecule has 7 nitrogen and oxygen atoms in total. The summed E-state index contributed by atoms with van der Waals surface area (Å²) < 4.78 is 18.0. The van der Waals surface area contributed by atoms with Crippen molar-refractivity contribution < 1.29 is 33.4 Å². The lowest BCUT2D eigenvalue weighted by Crippen LogP contribution is -2.54. The fourth-order valence-corrected chi connectivity index (χ4v) is 6.80. The number of carbonyl (C=O) groups is 2. The van der Waals surface area contributed by atoms with E-state index in [9.17, 15) is 14.7 Å². The van der Waals surface area contributed by atoms with Crippen molar-refractivity contribution in [1.82, 2.24) is 0 Å². The molecule has 2 unspecified atom stereocenters. The molecule has 0 bridgehead atoms. The van der Waals surface area contributed by atoms with Gasteiger partial charge >= 0.3 is 5.97 Å². The molecule has 1 aliphatic heterocycles. The Balaban J connectivity index is 0.00000210. The number of aliphatic hydroxyl groups excluding tert-OH is 1. The summed E-state index contributed by atoms with van der Waals surface area (Å²) in [5, 5.41) is 18.0. The fraction of sp³-hybridized carbons (Fsp3) is 0.867. The van der Waals surface area contributed by atoms with Gasteiger partial charge in [0.15, 0.2) is 22.9 Å². The van der Waals surface area contributed by atoms with Crippen LogP contribution in [0.3, 0.4) is 0 Å². The monoisotopic (exact) mass is 588 g/mol. The van der Waals surface area contributed by atoms with Gasteiger partial charge in [-0.1, -0.05) is 75.3 Å². The number of rotatable bonds is 12. The molecule has 1 fully saturated rings.